The van der Waals surface area contributed by atoms with E-state index in [1.54, 1.807) is 0 Å². The molecule has 4 fully saturated rings. The fraction of sp³-hybridized carbons (Fsp3) is 0.941. The minimum absolute atomic E-state index is 0.0132. The molecule has 0 aromatic heterocycles. The number of hydrogen-bond donors (Lipinski definition) is 1. The van der Waals surface area contributed by atoms with E-state index in [4.69, 9.17) is 9.47 Å². The number of rotatable bonds is 7. The summed E-state index contributed by atoms with van der Waals surface area (Å²) < 4.78 is 11.6. The Hall–Kier alpha value is -1.10. The van der Waals surface area contributed by atoms with Gasteiger partial charge in [0.1, 0.15) is 11.7 Å². The Balaban J connectivity index is 1.42. The Morgan fingerprint density at radius 3 is 2.23 bits per heavy atom. The van der Waals surface area contributed by atoms with Crippen molar-refractivity contribution in [3.63, 3.8) is 0 Å². The Kier molecular flexibility index (Phi) is 8.66. The van der Waals surface area contributed by atoms with Gasteiger partial charge < -0.3 is 14.6 Å². The van der Waals surface area contributed by atoms with Crippen LogP contribution in [-0.2, 0) is 19.1 Å². The standard InChI is InChI=1S/C34H58O5/c1-10-32(6,7)30(37)38-23-15-17-33(8)22(19-23)20-27(35)29-25-13-12-24(34(25,9)18-16-26(29)33)21(2)11-14-28(36)39-31(3,4)5/h21-27,29,35H,10-20H2,1-9H3/t21?,22?,23?,24?,25?,26?,27?,29?,33-,34+/m0/s1. The zero-order valence-corrected chi connectivity index (χ0v) is 26.5. The third-order valence-corrected chi connectivity index (χ3v) is 12.3. The van der Waals surface area contributed by atoms with Crippen LogP contribution < -0.4 is 0 Å². The maximum absolute atomic E-state index is 12.8. The number of carbonyl (C=O) groups is 2. The first-order valence-corrected chi connectivity index (χ1v) is 16.1. The van der Waals surface area contributed by atoms with Gasteiger partial charge in [-0.1, -0.05) is 27.7 Å². The second kappa shape index (κ2) is 11.0. The molecule has 4 saturated carbocycles. The quantitative estimate of drug-likeness (QED) is 0.331. The molecule has 39 heavy (non-hydrogen) atoms. The third-order valence-electron chi connectivity index (χ3n) is 12.3. The molecular formula is C34H58O5. The van der Waals surface area contributed by atoms with Crippen LogP contribution in [0.3, 0.4) is 0 Å². The molecule has 8 unspecified atom stereocenters. The second-order valence-corrected chi connectivity index (χ2v) is 16.2. The van der Waals surface area contributed by atoms with Gasteiger partial charge in [-0.05, 0) is 145 Å². The molecule has 0 radical (unpaired) electrons. The molecule has 0 heterocycles. The predicted molar refractivity (Wildman–Crippen MR) is 155 cm³/mol. The van der Waals surface area contributed by atoms with Crippen molar-refractivity contribution in [1.82, 2.24) is 0 Å². The maximum Gasteiger partial charge on any atom is 0.311 e. The summed E-state index contributed by atoms with van der Waals surface area (Å²) in [6.07, 6.45) is 10.5. The minimum atomic E-state index is -0.436. The lowest BCUT2D eigenvalue weighted by Crippen LogP contribution is -2.59. The van der Waals surface area contributed by atoms with E-state index in [0.717, 1.165) is 38.5 Å². The van der Waals surface area contributed by atoms with E-state index in [2.05, 4.69) is 20.8 Å². The number of hydrogen-bond acceptors (Lipinski definition) is 5. The molecule has 0 aromatic rings. The van der Waals surface area contributed by atoms with E-state index in [9.17, 15) is 14.7 Å². The topological polar surface area (TPSA) is 72.8 Å². The van der Waals surface area contributed by atoms with Gasteiger partial charge in [0.25, 0.3) is 0 Å². The van der Waals surface area contributed by atoms with Crippen LogP contribution in [0.25, 0.3) is 0 Å². The molecule has 5 heteroatoms. The third kappa shape index (κ3) is 5.95. The SMILES string of the molecule is CCC(C)(C)C(=O)OC1CC[C@@]2(C)C(C1)CC(O)C1C3CCC(C(C)CCC(=O)OC(C)(C)C)[C@@]3(C)CCC12. The van der Waals surface area contributed by atoms with Gasteiger partial charge in [-0.25, -0.2) is 0 Å². The number of fused-ring (bicyclic) bond motifs is 5. The highest BCUT2D eigenvalue weighted by molar-refractivity contribution is 5.76. The molecule has 4 rings (SSSR count). The van der Waals surface area contributed by atoms with Gasteiger partial charge >= 0.3 is 11.9 Å². The first-order chi connectivity index (χ1) is 18.0. The first kappa shape index (κ1) is 30.8. The van der Waals surface area contributed by atoms with Gasteiger partial charge in [-0.3, -0.25) is 9.59 Å². The molecule has 0 amide bonds. The van der Waals surface area contributed by atoms with Crippen LogP contribution in [0.2, 0.25) is 0 Å². The average Bonchev–Trinajstić information content (AvgIpc) is 3.19. The van der Waals surface area contributed by atoms with E-state index in [-0.39, 0.29) is 35.0 Å². The van der Waals surface area contributed by atoms with Gasteiger partial charge in [0, 0.05) is 6.42 Å². The van der Waals surface area contributed by atoms with Crippen molar-refractivity contribution in [2.24, 2.45) is 51.8 Å². The lowest BCUT2D eigenvalue weighted by Gasteiger charge is -2.62. The fourth-order valence-electron chi connectivity index (χ4n) is 9.66. The summed E-state index contributed by atoms with van der Waals surface area (Å²) in [6.45, 7) is 19.1. The van der Waals surface area contributed by atoms with Gasteiger partial charge in [0.2, 0.25) is 0 Å². The van der Waals surface area contributed by atoms with Crippen LogP contribution in [0.5, 0.6) is 0 Å². The Morgan fingerprint density at radius 2 is 1.59 bits per heavy atom. The van der Waals surface area contributed by atoms with E-state index in [0.29, 0.717) is 41.9 Å². The van der Waals surface area contributed by atoms with Crippen molar-refractivity contribution in [1.29, 1.82) is 0 Å². The molecule has 4 aliphatic carbocycles. The van der Waals surface area contributed by atoms with Crippen molar-refractivity contribution in [3.8, 4) is 0 Å². The highest BCUT2D eigenvalue weighted by Crippen LogP contribution is 2.68. The summed E-state index contributed by atoms with van der Waals surface area (Å²) >= 11 is 0. The van der Waals surface area contributed by atoms with Crippen LogP contribution in [0.4, 0.5) is 0 Å². The molecule has 1 N–H and O–H groups in total. The zero-order chi connectivity index (χ0) is 29.0. The first-order valence-electron chi connectivity index (χ1n) is 16.1. The molecule has 224 valence electrons. The summed E-state index contributed by atoms with van der Waals surface area (Å²) in [4.78, 5) is 25.2. The Morgan fingerprint density at radius 1 is 0.949 bits per heavy atom. The van der Waals surface area contributed by atoms with Crippen LogP contribution >= 0.6 is 0 Å². The highest BCUT2D eigenvalue weighted by atomic mass is 16.6. The predicted octanol–water partition coefficient (Wildman–Crippen LogP) is 7.72. The van der Waals surface area contributed by atoms with Crippen molar-refractivity contribution in [3.05, 3.63) is 0 Å². The summed E-state index contributed by atoms with van der Waals surface area (Å²) in [5.74, 6) is 2.80. The van der Waals surface area contributed by atoms with Gasteiger partial charge in [-0.2, -0.15) is 0 Å². The zero-order valence-electron chi connectivity index (χ0n) is 26.5. The number of aliphatic hydroxyl groups is 1. The molecule has 5 nitrogen and oxygen atoms in total. The number of carbonyl (C=O) groups excluding carboxylic acids is 2. The van der Waals surface area contributed by atoms with Crippen molar-refractivity contribution >= 4 is 11.9 Å². The Labute approximate surface area is 238 Å². The summed E-state index contributed by atoms with van der Waals surface area (Å²) in [6, 6.07) is 0. The molecule has 4 aliphatic rings. The number of esters is 2. The van der Waals surface area contributed by atoms with Crippen molar-refractivity contribution < 1.29 is 24.2 Å². The highest BCUT2D eigenvalue weighted by Gasteiger charge is 2.63. The monoisotopic (exact) mass is 546 g/mol. The molecule has 0 aromatic carbocycles. The van der Waals surface area contributed by atoms with Gasteiger partial charge in [-0.15, -0.1) is 0 Å². The summed E-state index contributed by atoms with van der Waals surface area (Å²) in [7, 11) is 0. The van der Waals surface area contributed by atoms with Crippen LogP contribution in [0.15, 0.2) is 0 Å². The minimum Gasteiger partial charge on any atom is -0.462 e. The normalized spacial score (nSPS) is 41.1. The largest absolute Gasteiger partial charge is 0.462 e. The Bertz CT molecular complexity index is 904. The van der Waals surface area contributed by atoms with Crippen LogP contribution in [-0.4, -0.2) is 34.9 Å². The van der Waals surface area contributed by atoms with E-state index >= 15 is 0 Å². The molecule has 0 aliphatic heterocycles. The number of ether oxygens (including phenoxy) is 2. The summed E-state index contributed by atoms with van der Waals surface area (Å²) in [5, 5.41) is 11.7. The van der Waals surface area contributed by atoms with Crippen LogP contribution in [0, 0.1) is 51.8 Å². The van der Waals surface area contributed by atoms with E-state index in [1.807, 2.05) is 41.5 Å². The fourth-order valence-corrected chi connectivity index (χ4v) is 9.66. The molecular weight excluding hydrogens is 488 g/mol. The lowest BCUT2D eigenvalue weighted by atomic mass is 9.43. The van der Waals surface area contributed by atoms with E-state index < -0.39 is 11.0 Å². The average molecular weight is 547 g/mol. The number of aliphatic hydroxyl groups excluding tert-OH is 1. The molecule has 10 atom stereocenters. The molecule has 0 bridgehead atoms. The van der Waals surface area contributed by atoms with E-state index in [1.165, 1.54) is 25.7 Å². The van der Waals surface area contributed by atoms with Crippen molar-refractivity contribution in [2.75, 3.05) is 0 Å². The van der Waals surface area contributed by atoms with Gasteiger partial charge in [0.05, 0.1) is 11.5 Å². The van der Waals surface area contributed by atoms with Crippen molar-refractivity contribution in [2.45, 2.75) is 151 Å². The lowest BCUT2D eigenvalue weighted by molar-refractivity contribution is -0.186. The van der Waals surface area contributed by atoms with Gasteiger partial charge in [0.15, 0.2) is 0 Å². The molecule has 0 spiro atoms. The smallest absolute Gasteiger partial charge is 0.311 e. The van der Waals surface area contributed by atoms with Crippen LogP contribution in [0.1, 0.15) is 133 Å². The second-order valence-electron chi connectivity index (χ2n) is 16.2. The maximum atomic E-state index is 12.8. The molecule has 0 saturated heterocycles. The summed E-state index contributed by atoms with van der Waals surface area (Å²) in [5.41, 5.74) is -0.415.